The minimum atomic E-state index is -1.06. The highest BCUT2D eigenvalue weighted by Crippen LogP contribution is 2.21. The van der Waals surface area contributed by atoms with E-state index in [0.29, 0.717) is 30.0 Å². The van der Waals surface area contributed by atoms with E-state index in [1.807, 2.05) is 6.07 Å². The summed E-state index contributed by atoms with van der Waals surface area (Å²) in [6.07, 6.45) is 0.738. The minimum Gasteiger partial charge on any atom is -0.465 e. The van der Waals surface area contributed by atoms with Crippen molar-refractivity contribution in [1.29, 1.82) is 0 Å². The lowest BCUT2D eigenvalue weighted by Gasteiger charge is -2.34. The number of halogens is 1. The molecule has 0 saturated heterocycles. The molecule has 1 heterocycles. The predicted octanol–water partition coefficient (Wildman–Crippen LogP) is 2.07. The second-order valence-corrected chi connectivity index (χ2v) is 6.55. The Morgan fingerprint density at radius 2 is 2.04 bits per heavy atom. The quantitative estimate of drug-likeness (QED) is 0.582. The molecule has 1 saturated carbocycles. The molecule has 8 heteroatoms. The fourth-order valence-electron chi connectivity index (χ4n) is 3.14. The Labute approximate surface area is 143 Å². The zero-order valence-corrected chi connectivity index (χ0v) is 13.6. The molecule has 0 bridgehead atoms. The smallest absolute Gasteiger partial charge is 0.404 e. The fraction of sp³-hybridized carbons (Fsp3) is 0.375. The molecule has 2 amide bonds. The second kappa shape index (κ2) is 6.70. The lowest BCUT2D eigenvalue weighted by Crippen LogP contribution is -2.55. The van der Waals surface area contributed by atoms with Gasteiger partial charge in [-0.3, -0.25) is 4.79 Å². The first kappa shape index (κ1) is 16.6. The van der Waals surface area contributed by atoms with Gasteiger partial charge in [0.2, 0.25) is 0 Å². The molecule has 2 unspecified atom stereocenters. The third-order valence-electron chi connectivity index (χ3n) is 4.38. The molecule has 1 aromatic carbocycles. The molecule has 6 N–H and O–H groups in total. The molecule has 7 nitrogen and oxygen atoms in total. The van der Waals surface area contributed by atoms with Gasteiger partial charge in [0.25, 0.3) is 5.91 Å². The maximum absolute atomic E-state index is 12.5. The molecule has 3 atom stereocenters. The molecule has 3 rings (SSSR count). The van der Waals surface area contributed by atoms with Gasteiger partial charge in [-0.15, -0.1) is 0 Å². The number of amides is 2. The first-order valence-electron chi connectivity index (χ1n) is 7.76. The summed E-state index contributed by atoms with van der Waals surface area (Å²) in [6.45, 7) is 0. The molecular weight excluding hydrogens is 332 g/mol. The van der Waals surface area contributed by atoms with E-state index in [1.165, 1.54) is 0 Å². The number of carbonyl (C=O) groups is 2. The lowest BCUT2D eigenvalue weighted by molar-refractivity contribution is 0.0911. The van der Waals surface area contributed by atoms with Crippen LogP contribution >= 0.6 is 11.6 Å². The number of fused-ring (bicyclic) bond motifs is 1. The molecule has 1 aliphatic rings. The zero-order valence-electron chi connectivity index (χ0n) is 12.9. The summed E-state index contributed by atoms with van der Waals surface area (Å²) in [7, 11) is 0. The van der Waals surface area contributed by atoms with Crippen LogP contribution in [0.2, 0.25) is 5.02 Å². The summed E-state index contributed by atoms with van der Waals surface area (Å²) < 4.78 is 0. The zero-order chi connectivity index (χ0) is 17.3. The average molecular weight is 351 g/mol. The summed E-state index contributed by atoms with van der Waals surface area (Å²) in [5, 5.41) is 15.7. The van der Waals surface area contributed by atoms with E-state index in [1.54, 1.807) is 18.2 Å². The van der Waals surface area contributed by atoms with Crippen molar-refractivity contribution in [3.63, 3.8) is 0 Å². The summed E-state index contributed by atoms with van der Waals surface area (Å²) in [4.78, 5) is 26.3. The van der Waals surface area contributed by atoms with Crippen LogP contribution < -0.4 is 16.4 Å². The first-order chi connectivity index (χ1) is 11.4. The molecule has 24 heavy (non-hydrogen) atoms. The Kier molecular flexibility index (Phi) is 4.64. The van der Waals surface area contributed by atoms with Crippen molar-refractivity contribution in [2.24, 2.45) is 5.73 Å². The number of aromatic amines is 1. The second-order valence-electron chi connectivity index (χ2n) is 6.12. The number of nitrogens with two attached hydrogens (primary N) is 1. The van der Waals surface area contributed by atoms with Gasteiger partial charge in [-0.25, -0.2) is 4.79 Å². The molecule has 1 aromatic heterocycles. The van der Waals surface area contributed by atoms with Crippen LogP contribution in [-0.4, -0.2) is 40.2 Å². The van der Waals surface area contributed by atoms with Crippen LogP contribution in [0, 0.1) is 0 Å². The molecule has 1 fully saturated rings. The first-order valence-corrected chi connectivity index (χ1v) is 8.14. The van der Waals surface area contributed by atoms with E-state index >= 15 is 0 Å². The monoisotopic (exact) mass is 350 g/mol. The number of aromatic nitrogens is 1. The van der Waals surface area contributed by atoms with Gasteiger partial charge in [0.15, 0.2) is 0 Å². The van der Waals surface area contributed by atoms with Crippen molar-refractivity contribution in [3.8, 4) is 0 Å². The third kappa shape index (κ3) is 3.63. The predicted molar refractivity (Wildman–Crippen MR) is 91.3 cm³/mol. The van der Waals surface area contributed by atoms with E-state index in [4.69, 9.17) is 22.4 Å². The number of carbonyl (C=O) groups excluding carboxylic acids is 1. The summed E-state index contributed by atoms with van der Waals surface area (Å²) >= 11 is 5.95. The Hall–Kier alpha value is -2.25. The summed E-state index contributed by atoms with van der Waals surface area (Å²) in [5.41, 5.74) is 7.32. The van der Waals surface area contributed by atoms with Crippen molar-refractivity contribution in [3.05, 3.63) is 35.0 Å². The lowest BCUT2D eigenvalue weighted by atomic mass is 9.87. The maximum atomic E-state index is 12.5. The van der Waals surface area contributed by atoms with Gasteiger partial charge in [-0.2, -0.15) is 0 Å². The Morgan fingerprint density at radius 3 is 2.79 bits per heavy atom. The summed E-state index contributed by atoms with van der Waals surface area (Å²) in [5.74, 6) is -0.265. The van der Waals surface area contributed by atoms with Gasteiger partial charge >= 0.3 is 6.09 Å². The van der Waals surface area contributed by atoms with E-state index < -0.39 is 6.09 Å². The van der Waals surface area contributed by atoms with Gasteiger partial charge < -0.3 is 26.5 Å². The standard InChI is InChI=1S/C16H19ClN4O3/c17-9-1-4-12-8(5-9)6-14(20-12)15(22)21-13-7-10(19-16(23)24)2-3-11(13)18/h1,4-6,10-11,13,19-20H,2-3,7,18H2,(H,21,22)(H,23,24)/t10?,11-,13?/m0/s1. The van der Waals surface area contributed by atoms with Crippen molar-refractivity contribution in [2.45, 2.75) is 37.4 Å². The van der Waals surface area contributed by atoms with Gasteiger partial charge in [0.05, 0.1) is 0 Å². The highest BCUT2D eigenvalue weighted by atomic mass is 35.5. The molecule has 2 aromatic rings. The molecule has 0 radical (unpaired) electrons. The average Bonchev–Trinajstić information content (AvgIpc) is 2.93. The van der Waals surface area contributed by atoms with Crippen LogP contribution in [0.15, 0.2) is 24.3 Å². The number of nitrogens with one attached hydrogen (secondary N) is 3. The van der Waals surface area contributed by atoms with Crippen LogP contribution in [0.25, 0.3) is 10.9 Å². The fourth-order valence-corrected chi connectivity index (χ4v) is 3.32. The van der Waals surface area contributed by atoms with Crippen molar-refractivity contribution in [1.82, 2.24) is 15.6 Å². The Balaban J connectivity index is 1.70. The van der Waals surface area contributed by atoms with Crippen molar-refractivity contribution < 1.29 is 14.7 Å². The van der Waals surface area contributed by atoms with Gasteiger partial charge in [0, 0.05) is 34.1 Å². The van der Waals surface area contributed by atoms with Crippen molar-refractivity contribution in [2.75, 3.05) is 0 Å². The van der Waals surface area contributed by atoms with E-state index in [-0.39, 0.29) is 24.0 Å². The van der Waals surface area contributed by atoms with Crippen LogP contribution in [-0.2, 0) is 0 Å². The molecule has 128 valence electrons. The molecule has 1 aliphatic carbocycles. The Bertz CT molecular complexity index is 776. The number of carboxylic acid groups (broad SMARTS) is 1. The van der Waals surface area contributed by atoms with Gasteiger partial charge in [-0.1, -0.05) is 11.6 Å². The molecule has 0 aliphatic heterocycles. The maximum Gasteiger partial charge on any atom is 0.404 e. The number of hydrogen-bond donors (Lipinski definition) is 5. The van der Waals surface area contributed by atoms with E-state index in [0.717, 1.165) is 10.9 Å². The SMILES string of the molecule is N[C@H]1CCC(NC(=O)O)CC1NC(=O)c1cc2cc(Cl)ccc2[nH]1. The highest BCUT2D eigenvalue weighted by molar-refractivity contribution is 6.31. The number of rotatable bonds is 3. The van der Waals surface area contributed by atoms with Crippen LogP contribution in [0.1, 0.15) is 29.8 Å². The van der Waals surface area contributed by atoms with Crippen LogP contribution in [0.4, 0.5) is 4.79 Å². The Morgan fingerprint density at radius 1 is 1.25 bits per heavy atom. The van der Waals surface area contributed by atoms with Gasteiger partial charge in [0.1, 0.15) is 5.69 Å². The highest BCUT2D eigenvalue weighted by Gasteiger charge is 2.30. The molecule has 0 spiro atoms. The normalized spacial score (nSPS) is 23.8. The van der Waals surface area contributed by atoms with Crippen LogP contribution in [0.5, 0.6) is 0 Å². The number of H-pyrrole nitrogens is 1. The summed E-state index contributed by atoms with van der Waals surface area (Å²) in [6, 6.07) is 6.41. The largest absolute Gasteiger partial charge is 0.465 e. The van der Waals surface area contributed by atoms with Gasteiger partial charge in [-0.05, 0) is 43.5 Å². The topological polar surface area (TPSA) is 120 Å². The van der Waals surface area contributed by atoms with Crippen LogP contribution in [0.3, 0.4) is 0 Å². The molecular formula is C16H19ClN4O3. The third-order valence-corrected chi connectivity index (χ3v) is 4.61. The van der Waals surface area contributed by atoms with E-state index in [2.05, 4.69) is 15.6 Å². The number of benzene rings is 1. The van der Waals surface area contributed by atoms with E-state index in [9.17, 15) is 9.59 Å². The minimum absolute atomic E-state index is 0.195. The number of hydrogen-bond acceptors (Lipinski definition) is 3. The van der Waals surface area contributed by atoms with Crippen molar-refractivity contribution >= 4 is 34.5 Å².